The van der Waals surface area contributed by atoms with Crippen LogP contribution in [-0.4, -0.2) is 35.5 Å². The summed E-state index contributed by atoms with van der Waals surface area (Å²) in [6.45, 7) is 3.83. The highest BCUT2D eigenvalue weighted by Gasteiger charge is 2.28. The maximum Gasteiger partial charge on any atom is 0.222 e. The van der Waals surface area contributed by atoms with Crippen molar-refractivity contribution in [3.8, 4) is 0 Å². The van der Waals surface area contributed by atoms with Gasteiger partial charge in [-0.05, 0) is 48.9 Å². The smallest absolute Gasteiger partial charge is 0.222 e. The van der Waals surface area contributed by atoms with Gasteiger partial charge in [0.25, 0.3) is 0 Å². The molecular formula is C17H25FN2O2. The van der Waals surface area contributed by atoms with Crippen molar-refractivity contribution >= 4 is 5.91 Å². The second-order valence-corrected chi connectivity index (χ2v) is 6.26. The van der Waals surface area contributed by atoms with Crippen LogP contribution in [0.4, 0.5) is 4.39 Å². The van der Waals surface area contributed by atoms with Gasteiger partial charge in [-0.3, -0.25) is 4.79 Å². The number of aliphatic hydroxyl groups excluding tert-OH is 1. The van der Waals surface area contributed by atoms with E-state index in [9.17, 15) is 14.3 Å². The fourth-order valence-electron chi connectivity index (χ4n) is 2.91. The molecule has 1 fully saturated rings. The van der Waals surface area contributed by atoms with Crippen LogP contribution >= 0.6 is 0 Å². The number of piperidine rings is 1. The number of likely N-dealkylation sites (tertiary alicyclic amines) is 1. The van der Waals surface area contributed by atoms with Crippen LogP contribution < -0.4 is 5.73 Å². The molecule has 0 bridgehead atoms. The number of benzene rings is 1. The molecule has 2 rings (SSSR count). The number of carbonyl (C=O) groups excluding carboxylic acids is 1. The number of halogens is 1. The lowest BCUT2D eigenvalue weighted by atomic mass is 9.87. The second-order valence-electron chi connectivity index (χ2n) is 6.26. The van der Waals surface area contributed by atoms with Crippen LogP contribution in [0.5, 0.6) is 0 Å². The molecule has 0 spiro atoms. The molecule has 0 saturated carbocycles. The lowest BCUT2D eigenvalue weighted by Crippen LogP contribution is -2.40. The van der Waals surface area contributed by atoms with Crippen LogP contribution in [0.2, 0.25) is 0 Å². The van der Waals surface area contributed by atoms with E-state index in [4.69, 9.17) is 5.73 Å². The average molecular weight is 308 g/mol. The highest BCUT2D eigenvalue weighted by atomic mass is 19.1. The van der Waals surface area contributed by atoms with Gasteiger partial charge in [0.15, 0.2) is 0 Å². The number of hydrogen-bond acceptors (Lipinski definition) is 3. The molecule has 4 nitrogen and oxygen atoms in total. The lowest BCUT2D eigenvalue weighted by molar-refractivity contribution is -0.134. The minimum Gasteiger partial charge on any atom is -0.388 e. The third-order valence-electron chi connectivity index (χ3n) is 4.48. The Labute approximate surface area is 131 Å². The van der Waals surface area contributed by atoms with E-state index in [-0.39, 0.29) is 23.6 Å². The molecule has 0 aliphatic carbocycles. The molecule has 1 aromatic carbocycles. The number of nitrogens with zero attached hydrogens (tertiary/aromatic N) is 1. The molecule has 2 atom stereocenters. The molecule has 1 heterocycles. The van der Waals surface area contributed by atoms with Crippen molar-refractivity contribution in [3.63, 3.8) is 0 Å². The minimum absolute atomic E-state index is 0.112. The molecule has 3 N–H and O–H groups in total. The summed E-state index contributed by atoms with van der Waals surface area (Å²) < 4.78 is 12.9. The summed E-state index contributed by atoms with van der Waals surface area (Å²) in [4.78, 5) is 14.0. The van der Waals surface area contributed by atoms with Crippen molar-refractivity contribution in [1.82, 2.24) is 4.90 Å². The van der Waals surface area contributed by atoms with E-state index in [0.29, 0.717) is 26.1 Å². The maximum atomic E-state index is 12.9. The van der Waals surface area contributed by atoms with Crippen molar-refractivity contribution in [2.24, 2.45) is 17.6 Å². The summed E-state index contributed by atoms with van der Waals surface area (Å²) >= 11 is 0. The average Bonchev–Trinajstić information content (AvgIpc) is 2.55. The van der Waals surface area contributed by atoms with E-state index in [1.807, 2.05) is 11.8 Å². The van der Waals surface area contributed by atoms with Crippen LogP contribution in [0.3, 0.4) is 0 Å². The van der Waals surface area contributed by atoms with Crippen molar-refractivity contribution in [3.05, 3.63) is 35.6 Å². The van der Waals surface area contributed by atoms with Crippen molar-refractivity contribution in [1.29, 1.82) is 0 Å². The summed E-state index contributed by atoms with van der Waals surface area (Å²) in [7, 11) is 0. The highest BCUT2D eigenvalue weighted by molar-refractivity contribution is 5.76. The van der Waals surface area contributed by atoms with E-state index < -0.39 is 6.10 Å². The zero-order valence-electron chi connectivity index (χ0n) is 13.0. The molecule has 1 saturated heterocycles. The molecule has 22 heavy (non-hydrogen) atoms. The van der Waals surface area contributed by atoms with E-state index in [2.05, 4.69) is 0 Å². The van der Waals surface area contributed by atoms with Crippen LogP contribution in [0.15, 0.2) is 24.3 Å². The Kier molecular flexibility index (Phi) is 5.91. The second kappa shape index (κ2) is 7.70. The van der Waals surface area contributed by atoms with Crippen LogP contribution in [-0.2, 0) is 4.79 Å². The van der Waals surface area contributed by atoms with Gasteiger partial charge in [0.2, 0.25) is 5.91 Å². The number of hydrogen-bond donors (Lipinski definition) is 2. The molecular weight excluding hydrogens is 283 g/mol. The predicted octanol–water partition coefficient (Wildman–Crippen LogP) is 2.08. The number of carbonyl (C=O) groups is 1. The minimum atomic E-state index is -0.596. The van der Waals surface area contributed by atoms with E-state index in [1.165, 1.54) is 12.1 Å². The number of amides is 1. The molecule has 1 aromatic rings. The maximum absolute atomic E-state index is 12.9. The summed E-state index contributed by atoms with van der Waals surface area (Å²) in [5.74, 6) is 0.162. The zero-order valence-corrected chi connectivity index (χ0v) is 13.0. The monoisotopic (exact) mass is 308 g/mol. The molecule has 1 amide bonds. The molecule has 1 aliphatic rings. The van der Waals surface area contributed by atoms with Crippen LogP contribution in [0.25, 0.3) is 0 Å². The van der Waals surface area contributed by atoms with Gasteiger partial charge in [-0.15, -0.1) is 0 Å². The largest absolute Gasteiger partial charge is 0.388 e. The number of rotatable bonds is 5. The first kappa shape index (κ1) is 16.9. The first-order chi connectivity index (χ1) is 10.5. The fourth-order valence-corrected chi connectivity index (χ4v) is 2.91. The third-order valence-corrected chi connectivity index (χ3v) is 4.48. The van der Waals surface area contributed by atoms with E-state index in [0.717, 1.165) is 18.4 Å². The predicted molar refractivity (Wildman–Crippen MR) is 83.5 cm³/mol. The quantitative estimate of drug-likeness (QED) is 0.875. The normalized spacial score (nSPS) is 19.0. The molecule has 0 aromatic heterocycles. The zero-order chi connectivity index (χ0) is 16.1. The number of aliphatic hydroxyl groups is 1. The van der Waals surface area contributed by atoms with Gasteiger partial charge in [0.1, 0.15) is 5.82 Å². The van der Waals surface area contributed by atoms with Gasteiger partial charge in [-0.25, -0.2) is 4.39 Å². The molecule has 1 aliphatic heterocycles. The Morgan fingerprint density at radius 3 is 2.50 bits per heavy atom. The van der Waals surface area contributed by atoms with Gasteiger partial charge >= 0.3 is 0 Å². The number of nitrogens with two attached hydrogens (primary N) is 1. The Hall–Kier alpha value is -1.46. The van der Waals surface area contributed by atoms with Crippen LogP contribution in [0, 0.1) is 17.7 Å². The van der Waals surface area contributed by atoms with Gasteiger partial charge in [0, 0.05) is 19.5 Å². The SMILES string of the molecule is CC(CN)CC(=O)N1CCC(C(O)c2ccc(F)cc2)CC1. The Morgan fingerprint density at radius 1 is 1.36 bits per heavy atom. The molecule has 0 radical (unpaired) electrons. The molecule has 5 heteroatoms. The highest BCUT2D eigenvalue weighted by Crippen LogP contribution is 2.31. The Morgan fingerprint density at radius 2 is 1.95 bits per heavy atom. The Balaban J connectivity index is 1.86. The van der Waals surface area contributed by atoms with Crippen LogP contribution in [0.1, 0.15) is 37.9 Å². The lowest BCUT2D eigenvalue weighted by Gasteiger charge is -2.34. The summed E-state index contributed by atoms with van der Waals surface area (Å²) in [5.41, 5.74) is 6.30. The van der Waals surface area contributed by atoms with E-state index >= 15 is 0 Å². The fraction of sp³-hybridized carbons (Fsp3) is 0.588. The molecule has 2 unspecified atom stereocenters. The standard InChI is InChI=1S/C17H25FN2O2/c1-12(11-19)10-16(21)20-8-6-14(7-9-20)17(22)13-2-4-15(18)5-3-13/h2-5,12,14,17,22H,6-11,19H2,1H3. The van der Waals surface area contributed by atoms with E-state index in [1.54, 1.807) is 12.1 Å². The third kappa shape index (κ3) is 4.27. The first-order valence-electron chi connectivity index (χ1n) is 7.92. The summed E-state index contributed by atoms with van der Waals surface area (Å²) in [5, 5.41) is 10.4. The van der Waals surface area contributed by atoms with Crippen molar-refractivity contribution in [2.75, 3.05) is 19.6 Å². The molecule has 122 valence electrons. The van der Waals surface area contributed by atoms with Gasteiger partial charge in [0.05, 0.1) is 6.10 Å². The van der Waals surface area contributed by atoms with Gasteiger partial charge in [-0.1, -0.05) is 19.1 Å². The van der Waals surface area contributed by atoms with Crippen molar-refractivity contribution in [2.45, 2.75) is 32.3 Å². The van der Waals surface area contributed by atoms with Gasteiger partial charge < -0.3 is 15.7 Å². The van der Waals surface area contributed by atoms with Crippen molar-refractivity contribution < 1.29 is 14.3 Å². The Bertz CT molecular complexity index is 484. The topological polar surface area (TPSA) is 66.6 Å². The summed E-state index contributed by atoms with van der Waals surface area (Å²) in [6.07, 6.45) is 1.42. The summed E-state index contributed by atoms with van der Waals surface area (Å²) in [6, 6.07) is 5.98. The first-order valence-corrected chi connectivity index (χ1v) is 7.92. The van der Waals surface area contributed by atoms with Gasteiger partial charge in [-0.2, -0.15) is 0 Å².